The highest BCUT2D eigenvalue weighted by atomic mass is 16.2. The number of carbonyl (C=O) groups is 1. The fourth-order valence-electron chi connectivity index (χ4n) is 2.01. The minimum absolute atomic E-state index is 0.0571. The van der Waals surface area contributed by atoms with Gasteiger partial charge in [-0.25, -0.2) is 4.98 Å². The zero-order valence-electron chi connectivity index (χ0n) is 11.8. The Balaban J connectivity index is 1.86. The summed E-state index contributed by atoms with van der Waals surface area (Å²) in [5.74, 6) is 0.789. The Hall–Kier alpha value is -3.22. The molecule has 3 aromatic rings. The Morgan fingerprint density at radius 2 is 2.09 bits per heavy atom. The van der Waals surface area contributed by atoms with Crippen LogP contribution in [0, 0.1) is 6.92 Å². The van der Waals surface area contributed by atoms with Crippen molar-refractivity contribution >= 4 is 11.6 Å². The molecular weight excluding hydrogens is 282 g/mol. The maximum Gasteiger partial charge on any atom is 0.261 e. The van der Waals surface area contributed by atoms with Crippen molar-refractivity contribution in [3.05, 3.63) is 64.3 Å². The van der Waals surface area contributed by atoms with Crippen molar-refractivity contribution in [1.29, 1.82) is 0 Å². The molecule has 7 heteroatoms. The summed E-state index contributed by atoms with van der Waals surface area (Å²) < 4.78 is 0. The summed E-state index contributed by atoms with van der Waals surface area (Å²) in [4.78, 5) is 30.4. The third-order valence-electron chi connectivity index (χ3n) is 3.04. The van der Waals surface area contributed by atoms with Gasteiger partial charge in [0.2, 0.25) is 0 Å². The highest BCUT2D eigenvalue weighted by Crippen LogP contribution is 2.19. The fourth-order valence-corrected chi connectivity index (χ4v) is 2.01. The molecule has 7 nitrogen and oxygen atoms in total. The van der Waals surface area contributed by atoms with E-state index in [0.717, 1.165) is 5.56 Å². The van der Waals surface area contributed by atoms with Gasteiger partial charge in [-0.15, -0.1) is 0 Å². The molecule has 0 fully saturated rings. The van der Waals surface area contributed by atoms with Crippen LogP contribution in [0.2, 0.25) is 0 Å². The number of nitrogens with one attached hydrogen (secondary N) is 3. The van der Waals surface area contributed by atoms with E-state index in [1.165, 1.54) is 12.3 Å². The lowest BCUT2D eigenvalue weighted by Crippen LogP contribution is -2.22. The number of aromatic nitrogens is 4. The molecule has 0 radical (unpaired) electrons. The molecule has 0 aliphatic rings. The molecule has 0 aliphatic carbocycles. The van der Waals surface area contributed by atoms with Gasteiger partial charge in [0.25, 0.3) is 11.5 Å². The lowest BCUT2D eigenvalue weighted by Gasteiger charge is -2.05. The number of nitrogens with zero attached hydrogens (tertiary/aromatic N) is 2. The van der Waals surface area contributed by atoms with Gasteiger partial charge in [0.1, 0.15) is 11.4 Å². The third kappa shape index (κ3) is 2.78. The van der Waals surface area contributed by atoms with Crippen molar-refractivity contribution in [2.45, 2.75) is 6.92 Å². The van der Waals surface area contributed by atoms with Gasteiger partial charge in [0, 0.05) is 17.4 Å². The van der Waals surface area contributed by atoms with E-state index in [-0.39, 0.29) is 5.56 Å². The van der Waals surface area contributed by atoms with Crippen molar-refractivity contribution < 1.29 is 4.79 Å². The summed E-state index contributed by atoms with van der Waals surface area (Å²) in [6.07, 6.45) is 1.48. The van der Waals surface area contributed by atoms with Crippen LogP contribution in [0.15, 0.2) is 47.4 Å². The minimum Gasteiger partial charge on any atom is -0.328 e. The molecule has 0 bridgehead atoms. The smallest absolute Gasteiger partial charge is 0.261 e. The van der Waals surface area contributed by atoms with Crippen molar-refractivity contribution in [2.75, 3.05) is 5.32 Å². The predicted octanol–water partition coefficient (Wildman–Crippen LogP) is 1.72. The number of carbonyl (C=O) groups excluding carboxylic acids is 1. The number of aryl methyl sites for hydroxylation is 1. The number of hydrogen-bond donors (Lipinski definition) is 3. The molecule has 2 heterocycles. The quantitative estimate of drug-likeness (QED) is 0.684. The average Bonchev–Trinajstić information content (AvgIpc) is 2.94. The van der Waals surface area contributed by atoms with Crippen LogP contribution in [-0.2, 0) is 0 Å². The summed E-state index contributed by atoms with van der Waals surface area (Å²) in [6.45, 7) is 1.81. The molecule has 0 aliphatic heterocycles. The second kappa shape index (κ2) is 5.65. The summed E-state index contributed by atoms with van der Waals surface area (Å²) in [7, 11) is 0. The average molecular weight is 295 g/mol. The van der Waals surface area contributed by atoms with E-state index in [4.69, 9.17) is 0 Å². The van der Waals surface area contributed by atoms with Gasteiger partial charge in [-0.05, 0) is 31.2 Å². The van der Waals surface area contributed by atoms with E-state index >= 15 is 0 Å². The largest absolute Gasteiger partial charge is 0.328 e. The first-order valence-corrected chi connectivity index (χ1v) is 6.62. The van der Waals surface area contributed by atoms with Gasteiger partial charge in [-0.2, -0.15) is 5.10 Å². The second-order valence-electron chi connectivity index (χ2n) is 4.69. The number of benzene rings is 1. The van der Waals surface area contributed by atoms with E-state index < -0.39 is 11.5 Å². The van der Waals surface area contributed by atoms with Crippen molar-refractivity contribution in [1.82, 2.24) is 20.2 Å². The van der Waals surface area contributed by atoms with Gasteiger partial charge in [-0.1, -0.05) is 12.1 Å². The maximum absolute atomic E-state index is 12.1. The lowest BCUT2D eigenvalue weighted by molar-refractivity contribution is 0.102. The van der Waals surface area contributed by atoms with Gasteiger partial charge in [0.05, 0.1) is 0 Å². The zero-order chi connectivity index (χ0) is 15.5. The zero-order valence-corrected chi connectivity index (χ0v) is 11.8. The normalized spacial score (nSPS) is 10.4. The predicted molar refractivity (Wildman–Crippen MR) is 81.6 cm³/mol. The lowest BCUT2D eigenvalue weighted by atomic mass is 10.2. The minimum atomic E-state index is -0.467. The Morgan fingerprint density at radius 3 is 2.82 bits per heavy atom. The molecule has 0 unspecified atom stereocenters. The van der Waals surface area contributed by atoms with Gasteiger partial charge < -0.3 is 10.3 Å². The first-order valence-electron chi connectivity index (χ1n) is 6.62. The molecule has 1 aromatic carbocycles. The van der Waals surface area contributed by atoms with E-state index in [9.17, 15) is 9.59 Å². The van der Waals surface area contributed by atoms with E-state index in [1.54, 1.807) is 24.3 Å². The molecule has 3 rings (SSSR count). The molecule has 2 aromatic heterocycles. The van der Waals surface area contributed by atoms with Gasteiger partial charge >= 0.3 is 0 Å². The second-order valence-corrected chi connectivity index (χ2v) is 4.69. The first kappa shape index (κ1) is 13.7. The highest BCUT2D eigenvalue weighted by molar-refractivity contribution is 6.04. The Labute approximate surface area is 125 Å². The number of hydrogen-bond acceptors (Lipinski definition) is 4. The van der Waals surface area contributed by atoms with Crippen LogP contribution in [0.1, 0.15) is 16.2 Å². The van der Waals surface area contributed by atoms with E-state index in [1.807, 2.05) is 13.0 Å². The number of aromatic amines is 2. The molecule has 1 amide bonds. The molecular formula is C15H13N5O2. The standard InChI is InChI=1S/C15H13N5O2/c1-9-17-13(20-19-9)10-4-2-5-11(8-10)18-15(22)12-6-3-7-16-14(12)21/h2-8H,1H3,(H,16,21)(H,18,22)(H,17,19,20). The first-order chi connectivity index (χ1) is 10.6. The molecule has 3 N–H and O–H groups in total. The Kier molecular flexibility index (Phi) is 3.53. The maximum atomic E-state index is 12.1. The van der Waals surface area contributed by atoms with Crippen molar-refractivity contribution in [2.24, 2.45) is 0 Å². The molecule has 0 saturated heterocycles. The molecule has 0 saturated carbocycles. The molecule has 22 heavy (non-hydrogen) atoms. The number of H-pyrrole nitrogens is 2. The van der Waals surface area contributed by atoms with Crippen LogP contribution in [0.5, 0.6) is 0 Å². The highest BCUT2D eigenvalue weighted by Gasteiger charge is 2.11. The monoisotopic (exact) mass is 295 g/mol. The van der Waals surface area contributed by atoms with Gasteiger partial charge in [0.15, 0.2) is 5.82 Å². The Bertz CT molecular complexity index is 881. The molecule has 110 valence electrons. The number of pyridine rings is 1. The number of rotatable bonds is 3. The fraction of sp³-hybridized carbons (Fsp3) is 0.0667. The summed E-state index contributed by atoms with van der Waals surface area (Å²) in [6, 6.07) is 10.2. The summed E-state index contributed by atoms with van der Waals surface area (Å²) in [5, 5.41) is 9.53. The van der Waals surface area contributed by atoms with Crippen molar-refractivity contribution in [3.63, 3.8) is 0 Å². The van der Waals surface area contributed by atoms with Crippen molar-refractivity contribution in [3.8, 4) is 11.4 Å². The van der Waals surface area contributed by atoms with Crippen LogP contribution in [0.3, 0.4) is 0 Å². The summed E-state index contributed by atoms with van der Waals surface area (Å²) >= 11 is 0. The van der Waals surface area contributed by atoms with Crippen LogP contribution in [0.4, 0.5) is 5.69 Å². The van der Waals surface area contributed by atoms with E-state index in [0.29, 0.717) is 17.3 Å². The molecule has 0 atom stereocenters. The van der Waals surface area contributed by atoms with Crippen LogP contribution < -0.4 is 10.9 Å². The number of anilines is 1. The van der Waals surface area contributed by atoms with E-state index in [2.05, 4.69) is 25.5 Å². The SMILES string of the molecule is Cc1nc(-c2cccc(NC(=O)c3ccc[nH]c3=O)c2)n[nH]1. The Morgan fingerprint density at radius 1 is 1.23 bits per heavy atom. The van der Waals surface area contributed by atoms with Crippen LogP contribution in [-0.4, -0.2) is 26.1 Å². The van der Waals surface area contributed by atoms with Crippen LogP contribution in [0.25, 0.3) is 11.4 Å². The number of amides is 1. The van der Waals surface area contributed by atoms with Crippen LogP contribution >= 0.6 is 0 Å². The third-order valence-corrected chi connectivity index (χ3v) is 3.04. The summed E-state index contributed by atoms with van der Waals surface area (Å²) in [5.41, 5.74) is 0.958. The van der Waals surface area contributed by atoms with Gasteiger partial charge in [-0.3, -0.25) is 14.7 Å². The topological polar surface area (TPSA) is 104 Å². The molecule has 0 spiro atoms.